The van der Waals surface area contributed by atoms with Gasteiger partial charge in [0, 0.05) is 6.92 Å². The van der Waals surface area contributed by atoms with E-state index in [2.05, 4.69) is 11.4 Å². The average molecular weight is 214 g/mol. The lowest BCUT2D eigenvalue weighted by atomic mass is 10.3. The number of hydrogen-bond donors (Lipinski definition) is 2. The van der Waals surface area contributed by atoms with Gasteiger partial charge in [-0.15, -0.1) is 0 Å². The van der Waals surface area contributed by atoms with E-state index in [9.17, 15) is 13.2 Å². The average Bonchev–Trinajstić information content (AvgIpc) is 2.01. The molecule has 1 aromatic carbocycles. The molecule has 2 N–H and O–H groups in total. The van der Waals surface area contributed by atoms with Crippen molar-refractivity contribution in [1.82, 2.24) is 0 Å². The van der Waals surface area contributed by atoms with Crippen molar-refractivity contribution in [1.29, 1.82) is 0 Å². The summed E-state index contributed by atoms with van der Waals surface area (Å²) >= 11 is 0. The van der Waals surface area contributed by atoms with Crippen LogP contribution in [0.1, 0.15) is 6.92 Å². The van der Waals surface area contributed by atoms with Crippen LogP contribution in [0.25, 0.3) is 0 Å². The van der Waals surface area contributed by atoms with Crippen LogP contribution in [0.2, 0.25) is 0 Å². The van der Waals surface area contributed by atoms with Gasteiger partial charge in [-0.2, -0.15) is 8.42 Å². The Bertz CT molecular complexity index is 452. The molecule has 0 fully saturated rings. The third kappa shape index (κ3) is 2.54. The molecule has 6 heteroatoms. The summed E-state index contributed by atoms with van der Waals surface area (Å²) in [6, 6.07) is 6.34. The van der Waals surface area contributed by atoms with Gasteiger partial charge in [0.15, 0.2) is 0 Å². The number of nitrogens with one attached hydrogen (secondary N) is 1. The molecular weight excluding hydrogens is 206 g/mol. The Kier molecular flexibility index (Phi) is 2.87. The summed E-state index contributed by atoms with van der Waals surface area (Å²) in [5.41, 5.74) is 0.0405. The summed E-state index contributed by atoms with van der Waals surface area (Å²) in [4.78, 5) is 10.3. The summed E-state index contributed by atoms with van der Waals surface area (Å²) in [7, 11) is -4.33. The van der Waals surface area contributed by atoms with Gasteiger partial charge in [-0.3, -0.25) is 9.35 Å². The number of rotatable bonds is 2. The first kappa shape index (κ1) is 10.7. The van der Waals surface area contributed by atoms with Gasteiger partial charge in [0.05, 0.1) is 5.69 Å². The quantitative estimate of drug-likeness (QED) is 0.709. The second kappa shape index (κ2) is 3.77. The lowest BCUT2D eigenvalue weighted by Gasteiger charge is -2.05. The van der Waals surface area contributed by atoms with Crippen molar-refractivity contribution >= 4 is 21.7 Å². The molecule has 0 saturated carbocycles. The lowest BCUT2D eigenvalue weighted by Crippen LogP contribution is -2.10. The summed E-state index contributed by atoms with van der Waals surface area (Å²) < 4.78 is 30.4. The first-order valence-corrected chi connectivity index (χ1v) is 5.10. The molecule has 0 spiro atoms. The molecule has 0 heterocycles. The Balaban J connectivity index is 3.23. The Morgan fingerprint density at radius 2 is 2.21 bits per heavy atom. The van der Waals surface area contributed by atoms with Crippen LogP contribution in [-0.2, 0) is 14.9 Å². The number of anilines is 1. The lowest BCUT2D eigenvalue weighted by molar-refractivity contribution is -0.114. The smallest absolute Gasteiger partial charge is 0.296 e. The molecule has 0 aromatic heterocycles. The highest BCUT2D eigenvalue weighted by Gasteiger charge is 2.14. The van der Waals surface area contributed by atoms with E-state index in [1.54, 1.807) is 0 Å². The van der Waals surface area contributed by atoms with E-state index < -0.39 is 16.0 Å². The maximum atomic E-state index is 10.8. The fourth-order valence-corrected chi connectivity index (χ4v) is 1.54. The molecule has 0 aliphatic heterocycles. The highest BCUT2D eigenvalue weighted by Crippen LogP contribution is 2.19. The maximum Gasteiger partial charge on any atom is 0.296 e. The molecule has 0 aliphatic carbocycles. The van der Waals surface area contributed by atoms with Gasteiger partial charge in [0.2, 0.25) is 5.91 Å². The van der Waals surface area contributed by atoms with Crippen LogP contribution < -0.4 is 5.32 Å². The largest absolute Gasteiger partial charge is 0.325 e. The molecule has 5 nitrogen and oxygen atoms in total. The summed E-state index contributed by atoms with van der Waals surface area (Å²) in [5.74, 6) is -0.416. The highest BCUT2D eigenvalue weighted by molar-refractivity contribution is 7.86. The zero-order chi connectivity index (χ0) is 10.8. The van der Waals surface area contributed by atoms with Crippen LogP contribution in [0, 0.1) is 6.07 Å². The first-order valence-electron chi connectivity index (χ1n) is 3.66. The fourth-order valence-electron chi connectivity index (χ4n) is 0.921. The SMILES string of the molecule is CC(=O)Nc1cc[c]cc1S(=O)(=O)O. The number of carbonyl (C=O) groups is 1. The summed E-state index contributed by atoms with van der Waals surface area (Å²) in [5, 5.41) is 2.28. The van der Waals surface area contributed by atoms with Crippen LogP contribution >= 0.6 is 0 Å². The molecule has 1 rings (SSSR count). The van der Waals surface area contributed by atoms with E-state index in [1.165, 1.54) is 19.1 Å². The van der Waals surface area contributed by atoms with Gasteiger partial charge in [-0.05, 0) is 18.2 Å². The molecular formula is C8H8NO4S. The zero-order valence-electron chi connectivity index (χ0n) is 7.31. The molecule has 0 aliphatic rings. The Morgan fingerprint density at radius 1 is 1.57 bits per heavy atom. The molecule has 0 bridgehead atoms. The first-order chi connectivity index (χ1) is 6.41. The molecule has 75 valence electrons. The number of amides is 1. The van der Waals surface area contributed by atoms with Gasteiger partial charge in [0.1, 0.15) is 4.90 Å². The van der Waals surface area contributed by atoms with Crippen LogP contribution in [0.3, 0.4) is 0 Å². The minimum atomic E-state index is -4.33. The molecule has 0 saturated heterocycles. The van der Waals surface area contributed by atoms with Crippen LogP contribution in [0.5, 0.6) is 0 Å². The number of carbonyl (C=O) groups excluding carboxylic acids is 1. The molecule has 1 amide bonds. The third-order valence-electron chi connectivity index (χ3n) is 1.41. The zero-order valence-corrected chi connectivity index (χ0v) is 8.13. The fraction of sp³-hybridized carbons (Fsp3) is 0.125. The Hall–Kier alpha value is -1.40. The highest BCUT2D eigenvalue weighted by atomic mass is 32.2. The summed E-state index contributed by atoms with van der Waals surface area (Å²) in [6.07, 6.45) is 0. The molecule has 0 unspecified atom stereocenters. The Labute approximate surface area is 81.5 Å². The van der Waals surface area contributed by atoms with E-state index in [1.807, 2.05) is 0 Å². The van der Waals surface area contributed by atoms with Gasteiger partial charge in [-0.25, -0.2) is 0 Å². The van der Waals surface area contributed by atoms with Crippen molar-refractivity contribution in [2.75, 3.05) is 5.32 Å². The van der Waals surface area contributed by atoms with Crippen molar-refractivity contribution in [3.8, 4) is 0 Å². The summed E-state index contributed by atoms with van der Waals surface area (Å²) in [6.45, 7) is 1.24. The second-order valence-electron chi connectivity index (χ2n) is 2.58. The molecule has 1 aromatic rings. The molecule has 14 heavy (non-hydrogen) atoms. The predicted octanol–water partition coefficient (Wildman–Crippen LogP) is 0.692. The van der Waals surface area contributed by atoms with Crippen LogP contribution in [-0.4, -0.2) is 18.9 Å². The molecule has 0 atom stereocenters. The number of hydrogen-bond acceptors (Lipinski definition) is 3. The van der Waals surface area contributed by atoms with Gasteiger partial charge >= 0.3 is 0 Å². The van der Waals surface area contributed by atoms with Crippen molar-refractivity contribution in [2.24, 2.45) is 0 Å². The third-order valence-corrected chi connectivity index (χ3v) is 2.31. The van der Waals surface area contributed by atoms with Crippen LogP contribution in [0.4, 0.5) is 5.69 Å². The monoisotopic (exact) mass is 214 g/mol. The normalized spacial score (nSPS) is 11.0. The number of benzene rings is 1. The second-order valence-corrected chi connectivity index (χ2v) is 3.97. The van der Waals surface area contributed by atoms with E-state index in [-0.39, 0.29) is 10.6 Å². The van der Waals surface area contributed by atoms with E-state index in [4.69, 9.17) is 4.55 Å². The predicted molar refractivity (Wildman–Crippen MR) is 49.4 cm³/mol. The standard InChI is InChI=1S/C8H8NO4S/c1-6(10)9-7-4-2-3-5-8(7)14(11,12)13/h2,4-5H,1H3,(H,9,10)(H,11,12,13). The minimum Gasteiger partial charge on any atom is -0.325 e. The topological polar surface area (TPSA) is 83.5 Å². The van der Waals surface area contributed by atoms with Crippen molar-refractivity contribution < 1.29 is 17.8 Å². The van der Waals surface area contributed by atoms with Gasteiger partial charge in [0.25, 0.3) is 10.1 Å². The van der Waals surface area contributed by atoms with Gasteiger partial charge < -0.3 is 5.32 Å². The van der Waals surface area contributed by atoms with Crippen molar-refractivity contribution in [3.63, 3.8) is 0 Å². The van der Waals surface area contributed by atoms with Crippen LogP contribution in [0.15, 0.2) is 23.1 Å². The Morgan fingerprint density at radius 3 is 2.71 bits per heavy atom. The van der Waals surface area contributed by atoms with Crippen molar-refractivity contribution in [3.05, 3.63) is 24.3 Å². The van der Waals surface area contributed by atoms with E-state index in [0.29, 0.717) is 0 Å². The van der Waals surface area contributed by atoms with Crippen molar-refractivity contribution in [2.45, 2.75) is 11.8 Å². The molecule has 1 radical (unpaired) electrons. The van der Waals surface area contributed by atoms with Gasteiger partial charge in [-0.1, -0.05) is 6.07 Å². The maximum absolute atomic E-state index is 10.8. The van der Waals surface area contributed by atoms with E-state index in [0.717, 1.165) is 6.07 Å². The minimum absolute atomic E-state index is 0.0405. The van der Waals surface area contributed by atoms with E-state index >= 15 is 0 Å².